The standard InChI is InChI=1S/C16H23N3O3S/c1-10-6-17-13(11(2)15(10)22-5)7-18(4)16(21)14-8-23-9-19(14)12(3)20/h6,14H,7-9H2,1-5H3/t14-/m1/s1. The summed E-state index contributed by atoms with van der Waals surface area (Å²) in [7, 11) is 3.38. The van der Waals surface area contributed by atoms with Crippen molar-refractivity contribution in [3.8, 4) is 5.75 Å². The number of carbonyl (C=O) groups excluding carboxylic acids is 2. The number of rotatable bonds is 4. The third-order valence-electron chi connectivity index (χ3n) is 4.08. The number of aryl methyl sites for hydroxylation is 1. The van der Waals surface area contributed by atoms with Crippen molar-refractivity contribution >= 4 is 23.6 Å². The molecule has 0 saturated carbocycles. The van der Waals surface area contributed by atoms with Crippen LogP contribution in [-0.2, 0) is 16.1 Å². The summed E-state index contributed by atoms with van der Waals surface area (Å²) in [6, 6.07) is -0.379. The van der Waals surface area contributed by atoms with Crippen molar-refractivity contribution < 1.29 is 14.3 Å². The van der Waals surface area contributed by atoms with E-state index in [1.165, 1.54) is 6.92 Å². The number of pyridine rings is 1. The fourth-order valence-electron chi connectivity index (χ4n) is 2.75. The molecule has 1 aliphatic rings. The van der Waals surface area contributed by atoms with E-state index in [9.17, 15) is 9.59 Å². The third-order valence-corrected chi connectivity index (χ3v) is 5.10. The third kappa shape index (κ3) is 3.60. The summed E-state index contributed by atoms with van der Waals surface area (Å²) in [6.07, 6.45) is 1.76. The first-order valence-corrected chi connectivity index (χ1v) is 8.61. The van der Waals surface area contributed by atoms with Gasteiger partial charge in [-0.25, -0.2) is 0 Å². The Morgan fingerprint density at radius 2 is 2.17 bits per heavy atom. The summed E-state index contributed by atoms with van der Waals surface area (Å²) in [5, 5.41) is 0. The number of methoxy groups -OCH3 is 1. The topological polar surface area (TPSA) is 62.7 Å². The van der Waals surface area contributed by atoms with E-state index < -0.39 is 0 Å². The Hall–Kier alpha value is -1.76. The summed E-state index contributed by atoms with van der Waals surface area (Å²) < 4.78 is 5.41. The summed E-state index contributed by atoms with van der Waals surface area (Å²) >= 11 is 1.60. The van der Waals surface area contributed by atoms with E-state index in [1.54, 1.807) is 41.9 Å². The zero-order valence-electron chi connectivity index (χ0n) is 14.3. The molecule has 6 nitrogen and oxygen atoms in total. The second kappa shape index (κ2) is 7.21. The van der Waals surface area contributed by atoms with E-state index in [2.05, 4.69) is 4.98 Å². The lowest BCUT2D eigenvalue weighted by atomic mass is 10.1. The highest BCUT2D eigenvalue weighted by atomic mass is 32.2. The number of ether oxygens (including phenoxy) is 1. The highest BCUT2D eigenvalue weighted by Gasteiger charge is 2.34. The molecule has 7 heteroatoms. The van der Waals surface area contributed by atoms with Crippen molar-refractivity contribution in [1.29, 1.82) is 0 Å². The number of aromatic nitrogens is 1. The van der Waals surface area contributed by atoms with Crippen molar-refractivity contribution in [2.75, 3.05) is 25.8 Å². The fourth-order valence-corrected chi connectivity index (χ4v) is 3.95. The number of hydrogen-bond acceptors (Lipinski definition) is 5. The molecule has 1 aliphatic heterocycles. The molecule has 0 radical (unpaired) electrons. The Bertz CT molecular complexity index is 621. The summed E-state index contributed by atoms with van der Waals surface area (Å²) in [5.74, 6) is 1.92. The maximum Gasteiger partial charge on any atom is 0.246 e. The minimum absolute atomic E-state index is 0.0501. The average Bonchev–Trinajstić information content (AvgIpc) is 2.99. The molecule has 1 aromatic heterocycles. The lowest BCUT2D eigenvalue weighted by Gasteiger charge is -2.27. The lowest BCUT2D eigenvalue weighted by Crippen LogP contribution is -2.47. The maximum absolute atomic E-state index is 12.7. The predicted octanol–water partition coefficient (Wildman–Crippen LogP) is 1.59. The number of carbonyl (C=O) groups is 2. The molecule has 0 unspecified atom stereocenters. The molecule has 1 atom stereocenters. The molecule has 0 aliphatic carbocycles. The maximum atomic E-state index is 12.7. The number of likely N-dealkylation sites (N-methyl/N-ethyl adjacent to an activating group) is 1. The van der Waals surface area contributed by atoms with Gasteiger partial charge in [0.2, 0.25) is 11.8 Å². The van der Waals surface area contributed by atoms with E-state index in [-0.39, 0.29) is 17.9 Å². The highest BCUT2D eigenvalue weighted by molar-refractivity contribution is 7.99. The van der Waals surface area contributed by atoms with Crippen LogP contribution in [0.1, 0.15) is 23.7 Å². The van der Waals surface area contributed by atoms with E-state index in [4.69, 9.17) is 4.74 Å². The van der Waals surface area contributed by atoms with Crippen LogP contribution in [0.5, 0.6) is 5.75 Å². The molecule has 0 N–H and O–H groups in total. The van der Waals surface area contributed by atoms with Gasteiger partial charge in [-0.3, -0.25) is 14.6 Å². The first kappa shape index (κ1) is 17.6. The Kier molecular flexibility index (Phi) is 5.51. The summed E-state index contributed by atoms with van der Waals surface area (Å²) in [5.41, 5.74) is 2.72. The van der Waals surface area contributed by atoms with Crippen LogP contribution >= 0.6 is 11.8 Å². The number of nitrogens with zero attached hydrogens (tertiary/aromatic N) is 3. The van der Waals surface area contributed by atoms with Crippen LogP contribution in [0.15, 0.2) is 6.20 Å². The van der Waals surface area contributed by atoms with Crippen LogP contribution in [0.2, 0.25) is 0 Å². The summed E-state index contributed by atoms with van der Waals surface area (Å²) in [4.78, 5) is 32.0. The van der Waals surface area contributed by atoms with E-state index in [1.807, 2.05) is 13.8 Å². The van der Waals surface area contributed by atoms with Gasteiger partial charge in [-0.05, 0) is 13.8 Å². The molecular formula is C16H23N3O3S. The molecule has 1 saturated heterocycles. The molecule has 126 valence electrons. The van der Waals surface area contributed by atoms with Gasteiger partial charge in [0.1, 0.15) is 11.8 Å². The monoisotopic (exact) mass is 337 g/mol. The van der Waals surface area contributed by atoms with E-state index in [0.717, 1.165) is 22.6 Å². The quantitative estimate of drug-likeness (QED) is 0.835. The van der Waals surface area contributed by atoms with Gasteiger partial charge in [0.15, 0.2) is 0 Å². The van der Waals surface area contributed by atoms with Crippen molar-refractivity contribution in [2.24, 2.45) is 0 Å². The minimum Gasteiger partial charge on any atom is -0.496 e. The average molecular weight is 337 g/mol. The first-order chi connectivity index (χ1) is 10.9. The highest BCUT2D eigenvalue weighted by Crippen LogP contribution is 2.26. The van der Waals surface area contributed by atoms with Crippen molar-refractivity contribution in [1.82, 2.24) is 14.8 Å². The van der Waals surface area contributed by atoms with Crippen LogP contribution in [0.4, 0.5) is 0 Å². The Morgan fingerprint density at radius 1 is 1.48 bits per heavy atom. The number of thioether (sulfide) groups is 1. The van der Waals surface area contributed by atoms with Crippen LogP contribution in [-0.4, -0.2) is 58.4 Å². The molecular weight excluding hydrogens is 314 g/mol. The first-order valence-electron chi connectivity index (χ1n) is 7.45. The molecule has 1 aromatic rings. The Morgan fingerprint density at radius 3 is 2.78 bits per heavy atom. The van der Waals surface area contributed by atoms with Gasteiger partial charge in [0.05, 0.1) is 25.2 Å². The number of amides is 2. The van der Waals surface area contributed by atoms with Gasteiger partial charge in [0.25, 0.3) is 0 Å². The lowest BCUT2D eigenvalue weighted by molar-refractivity contribution is -0.141. The Balaban J connectivity index is 2.14. The smallest absolute Gasteiger partial charge is 0.246 e. The minimum atomic E-state index is -0.379. The normalized spacial score (nSPS) is 17.3. The van der Waals surface area contributed by atoms with Gasteiger partial charge >= 0.3 is 0 Å². The van der Waals surface area contributed by atoms with Gasteiger partial charge in [-0.1, -0.05) is 0 Å². The van der Waals surface area contributed by atoms with E-state index in [0.29, 0.717) is 18.2 Å². The molecule has 2 heterocycles. The van der Waals surface area contributed by atoms with Gasteiger partial charge in [-0.15, -0.1) is 11.8 Å². The Labute approximate surface area is 141 Å². The van der Waals surface area contributed by atoms with Gasteiger partial charge in [-0.2, -0.15) is 0 Å². The van der Waals surface area contributed by atoms with Gasteiger partial charge in [0, 0.05) is 37.0 Å². The molecule has 23 heavy (non-hydrogen) atoms. The van der Waals surface area contributed by atoms with Gasteiger partial charge < -0.3 is 14.5 Å². The van der Waals surface area contributed by atoms with Crippen LogP contribution in [0.3, 0.4) is 0 Å². The molecule has 0 spiro atoms. The summed E-state index contributed by atoms with van der Waals surface area (Å²) in [6.45, 7) is 5.79. The molecule has 2 amide bonds. The van der Waals surface area contributed by atoms with E-state index >= 15 is 0 Å². The largest absolute Gasteiger partial charge is 0.496 e. The molecule has 2 rings (SSSR count). The second-order valence-electron chi connectivity index (χ2n) is 5.74. The number of hydrogen-bond donors (Lipinski definition) is 0. The van der Waals surface area contributed by atoms with Crippen LogP contribution in [0, 0.1) is 13.8 Å². The van der Waals surface area contributed by atoms with Crippen molar-refractivity contribution in [3.63, 3.8) is 0 Å². The second-order valence-corrected chi connectivity index (χ2v) is 6.74. The van der Waals surface area contributed by atoms with Crippen LogP contribution in [0.25, 0.3) is 0 Å². The predicted molar refractivity (Wildman–Crippen MR) is 90.4 cm³/mol. The SMILES string of the molecule is COc1c(C)cnc(CN(C)C(=O)[C@H]2CSCN2C(C)=O)c1C. The van der Waals surface area contributed by atoms with Crippen molar-refractivity contribution in [3.05, 3.63) is 23.0 Å². The fraction of sp³-hybridized carbons (Fsp3) is 0.562. The zero-order chi connectivity index (χ0) is 17.1. The molecule has 0 aromatic carbocycles. The molecule has 1 fully saturated rings. The van der Waals surface area contributed by atoms with Crippen molar-refractivity contribution in [2.45, 2.75) is 33.4 Å². The zero-order valence-corrected chi connectivity index (χ0v) is 15.1. The van der Waals surface area contributed by atoms with Crippen LogP contribution < -0.4 is 4.74 Å². The molecule has 0 bridgehead atoms.